The summed E-state index contributed by atoms with van der Waals surface area (Å²) in [6.45, 7) is 4.98. The van der Waals surface area contributed by atoms with Crippen LogP contribution in [-0.4, -0.2) is 11.5 Å². The minimum atomic E-state index is -0.298. The molecule has 20 heavy (non-hydrogen) atoms. The lowest BCUT2D eigenvalue weighted by Crippen LogP contribution is -2.27. The van der Waals surface area contributed by atoms with E-state index in [0.29, 0.717) is 0 Å². The van der Waals surface area contributed by atoms with Crippen molar-refractivity contribution in [3.63, 3.8) is 0 Å². The predicted octanol–water partition coefficient (Wildman–Crippen LogP) is 3.72. The van der Waals surface area contributed by atoms with Gasteiger partial charge in [-0.25, -0.2) is 4.98 Å². The second kappa shape index (κ2) is 5.19. The number of hydrogen-bond acceptors (Lipinski definition) is 4. The van der Waals surface area contributed by atoms with Crippen molar-refractivity contribution in [2.24, 2.45) is 5.73 Å². The van der Waals surface area contributed by atoms with Crippen molar-refractivity contribution in [1.29, 1.82) is 0 Å². The highest BCUT2D eigenvalue weighted by molar-refractivity contribution is 7.12. The number of benzene rings is 1. The summed E-state index contributed by atoms with van der Waals surface area (Å²) in [4.78, 5) is 6.09. The number of aryl methyl sites for hydroxylation is 1. The highest BCUT2D eigenvalue weighted by atomic mass is 32.1. The largest absolute Gasteiger partial charge is 0.482 e. The lowest BCUT2D eigenvalue weighted by atomic mass is 9.97. The van der Waals surface area contributed by atoms with Gasteiger partial charge in [0.15, 0.2) is 0 Å². The Balaban J connectivity index is 1.99. The third kappa shape index (κ3) is 2.34. The number of ether oxygens (including phenoxy) is 1. The fraction of sp³-hybridized carbons (Fsp3) is 0.438. The second-order valence-corrected chi connectivity index (χ2v) is 6.72. The van der Waals surface area contributed by atoms with E-state index in [9.17, 15) is 0 Å². The molecule has 2 heterocycles. The van der Waals surface area contributed by atoms with E-state index >= 15 is 0 Å². The zero-order valence-corrected chi connectivity index (χ0v) is 12.8. The first-order valence-corrected chi connectivity index (χ1v) is 7.92. The molecule has 0 radical (unpaired) electrons. The van der Waals surface area contributed by atoms with Gasteiger partial charge in [0.1, 0.15) is 11.4 Å². The summed E-state index contributed by atoms with van der Waals surface area (Å²) in [6.07, 6.45) is 3.17. The average molecular weight is 288 g/mol. The Hall–Kier alpha value is -1.39. The SMILES string of the molecule is CC1(C)Oc2ccccc2-c2nc(CCCCN)sc21. The number of nitrogens with zero attached hydrogens (tertiary/aromatic N) is 1. The van der Waals surface area contributed by atoms with Crippen LogP contribution >= 0.6 is 11.3 Å². The smallest absolute Gasteiger partial charge is 0.140 e. The zero-order chi connectivity index (χ0) is 14.2. The zero-order valence-electron chi connectivity index (χ0n) is 12.0. The van der Waals surface area contributed by atoms with Crippen molar-refractivity contribution in [2.45, 2.75) is 38.7 Å². The van der Waals surface area contributed by atoms with Gasteiger partial charge in [-0.3, -0.25) is 0 Å². The van der Waals surface area contributed by atoms with Crippen LogP contribution < -0.4 is 10.5 Å². The normalized spacial score (nSPS) is 15.3. The van der Waals surface area contributed by atoms with Gasteiger partial charge >= 0.3 is 0 Å². The van der Waals surface area contributed by atoms with Crippen LogP contribution in [-0.2, 0) is 12.0 Å². The van der Waals surface area contributed by atoms with E-state index in [1.54, 1.807) is 11.3 Å². The molecule has 0 saturated carbocycles. The number of unbranched alkanes of at least 4 members (excludes halogenated alkanes) is 1. The molecule has 1 aromatic heterocycles. The minimum Gasteiger partial charge on any atom is -0.482 e. The summed E-state index contributed by atoms with van der Waals surface area (Å²) < 4.78 is 6.14. The predicted molar refractivity (Wildman–Crippen MR) is 83.2 cm³/mol. The molecule has 0 spiro atoms. The number of hydrogen-bond donors (Lipinski definition) is 1. The van der Waals surface area contributed by atoms with Gasteiger partial charge in [-0.2, -0.15) is 0 Å². The van der Waals surface area contributed by atoms with Crippen molar-refractivity contribution < 1.29 is 4.74 Å². The Morgan fingerprint density at radius 3 is 2.85 bits per heavy atom. The monoisotopic (exact) mass is 288 g/mol. The highest BCUT2D eigenvalue weighted by Crippen LogP contribution is 2.47. The summed E-state index contributed by atoms with van der Waals surface area (Å²) in [5, 5.41) is 1.19. The molecule has 106 valence electrons. The van der Waals surface area contributed by atoms with Gasteiger partial charge in [-0.05, 0) is 51.8 Å². The third-order valence-electron chi connectivity index (χ3n) is 3.57. The standard InChI is InChI=1S/C16H20N2OS/c1-16(2)15-14(11-7-3-4-8-12(11)19-16)18-13(20-15)9-5-6-10-17/h3-4,7-8H,5-6,9-10,17H2,1-2H3. The van der Waals surface area contributed by atoms with Crippen molar-refractivity contribution in [3.05, 3.63) is 34.2 Å². The van der Waals surface area contributed by atoms with Crippen LogP contribution in [0.1, 0.15) is 36.6 Å². The molecule has 3 rings (SSSR count). The second-order valence-electron chi connectivity index (χ2n) is 5.64. The van der Waals surface area contributed by atoms with Crippen LogP contribution in [0.3, 0.4) is 0 Å². The Morgan fingerprint density at radius 1 is 1.25 bits per heavy atom. The molecule has 0 aliphatic carbocycles. The summed E-state index contributed by atoms with van der Waals surface area (Å²) in [5.74, 6) is 0.934. The van der Waals surface area contributed by atoms with E-state index in [0.717, 1.165) is 42.8 Å². The molecule has 1 aliphatic heterocycles. The number of aromatic nitrogens is 1. The molecule has 2 aromatic rings. The van der Waals surface area contributed by atoms with Crippen molar-refractivity contribution in [3.8, 4) is 17.0 Å². The van der Waals surface area contributed by atoms with E-state index in [1.807, 2.05) is 18.2 Å². The fourth-order valence-corrected chi connectivity index (χ4v) is 3.71. The first-order chi connectivity index (χ1) is 9.62. The van der Waals surface area contributed by atoms with Gasteiger partial charge in [-0.1, -0.05) is 12.1 Å². The van der Waals surface area contributed by atoms with Crippen LogP contribution in [0.5, 0.6) is 5.75 Å². The van der Waals surface area contributed by atoms with E-state index in [2.05, 4.69) is 19.9 Å². The van der Waals surface area contributed by atoms with Gasteiger partial charge in [0, 0.05) is 5.56 Å². The van der Waals surface area contributed by atoms with E-state index in [4.69, 9.17) is 15.5 Å². The minimum absolute atomic E-state index is 0.298. The summed E-state index contributed by atoms with van der Waals surface area (Å²) in [6, 6.07) is 8.16. The van der Waals surface area contributed by atoms with Crippen LogP contribution in [0, 0.1) is 0 Å². The Morgan fingerprint density at radius 2 is 2.05 bits per heavy atom. The van der Waals surface area contributed by atoms with Gasteiger partial charge in [0.2, 0.25) is 0 Å². The average Bonchev–Trinajstić information content (AvgIpc) is 2.84. The van der Waals surface area contributed by atoms with Crippen molar-refractivity contribution >= 4 is 11.3 Å². The number of rotatable bonds is 4. The lowest BCUT2D eigenvalue weighted by molar-refractivity contribution is 0.109. The van der Waals surface area contributed by atoms with Gasteiger partial charge < -0.3 is 10.5 Å². The van der Waals surface area contributed by atoms with E-state index in [-0.39, 0.29) is 5.60 Å². The number of thiazole rings is 1. The molecule has 3 nitrogen and oxygen atoms in total. The third-order valence-corrected chi connectivity index (χ3v) is 4.99. The Bertz CT molecular complexity index is 619. The van der Waals surface area contributed by atoms with Crippen LogP contribution in [0.4, 0.5) is 0 Å². The maximum Gasteiger partial charge on any atom is 0.140 e. The molecular formula is C16H20N2OS. The maximum atomic E-state index is 6.14. The summed E-state index contributed by atoms with van der Waals surface area (Å²) in [5.41, 5.74) is 7.48. The van der Waals surface area contributed by atoms with Crippen LogP contribution in [0.25, 0.3) is 11.3 Å². The molecule has 0 unspecified atom stereocenters. The van der Waals surface area contributed by atoms with E-state index < -0.39 is 0 Å². The molecule has 0 atom stereocenters. The first kappa shape index (κ1) is 13.6. The lowest BCUT2D eigenvalue weighted by Gasteiger charge is -2.31. The summed E-state index contributed by atoms with van der Waals surface area (Å²) >= 11 is 1.78. The number of para-hydroxylation sites is 1. The quantitative estimate of drug-likeness (QED) is 0.872. The molecule has 0 amide bonds. The van der Waals surface area contributed by atoms with Crippen molar-refractivity contribution in [2.75, 3.05) is 6.54 Å². The van der Waals surface area contributed by atoms with Crippen molar-refractivity contribution in [1.82, 2.24) is 4.98 Å². The molecular weight excluding hydrogens is 268 g/mol. The topological polar surface area (TPSA) is 48.1 Å². The molecule has 0 bridgehead atoms. The Kier molecular flexibility index (Phi) is 3.52. The summed E-state index contributed by atoms with van der Waals surface area (Å²) in [7, 11) is 0. The molecule has 1 aliphatic rings. The molecule has 1 aromatic carbocycles. The van der Waals surface area contributed by atoms with Gasteiger partial charge in [-0.15, -0.1) is 11.3 Å². The Labute approximate surface area is 123 Å². The molecule has 4 heteroatoms. The molecule has 0 saturated heterocycles. The molecule has 2 N–H and O–H groups in total. The van der Waals surface area contributed by atoms with Crippen LogP contribution in [0.15, 0.2) is 24.3 Å². The number of nitrogens with two attached hydrogens (primary N) is 1. The number of fused-ring (bicyclic) bond motifs is 3. The highest BCUT2D eigenvalue weighted by Gasteiger charge is 2.35. The molecule has 0 fully saturated rings. The fourth-order valence-electron chi connectivity index (χ4n) is 2.56. The maximum absolute atomic E-state index is 6.14. The van der Waals surface area contributed by atoms with E-state index in [1.165, 1.54) is 9.88 Å². The first-order valence-electron chi connectivity index (χ1n) is 7.10. The van der Waals surface area contributed by atoms with Gasteiger partial charge in [0.05, 0.1) is 15.6 Å². The van der Waals surface area contributed by atoms with Gasteiger partial charge in [0.25, 0.3) is 0 Å². The van der Waals surface area contributed by atoms with Crippen LogP contribution in [0.2, 0.25) is 0 Å².